The second-order valence-corrected chi connectivity index (χ2v) is 4.77. The largest absolute Gasteiger partial charge is 0.486 e. The highest BCUT2D eigenvalue weighted by Gasteiger charge is 2.13. The van der Waals surface area contributed by atoms with Crippen molar-refractivity contribution in [1.29, 1.82) is 5.26 Å². The van der Waals surface area contributed by atoms with Crippen LogP contribution in [0.3, 0.4) is 0 Å². The van der Waals surface area contributed by atoms with E-state index in [4.69, 9.17) is 15.1 Å². The lowest BCUT2D eigenvalue weighted by atomic mass is 10.2. The number of H-pyrrole nitrogens is 1. The van der Waals surface area contributed by atoms with Crippen molar-refractivity contribution >= 4 is 0 Å². The second kappa shape index (κ2) is 6.84. The summed E-state index contributed by atoms with van der Waals surface area (Å²) in [5.74, 6) is -0.214. The van der Waals surface area contributed by atoms with Crippen molar-refractivity contribution in [2.75, 3.05) is 6.61 Å². The zero-order valence-corrected chi connectivity index (χ0v) is 12.3. The van der Waals surface area contributed by atoms with Gasteiger partial charge in [-0.3, -0.25) is 5.10 Å². The molecule has 0 bridgehead atoms. The third-order valence-electron chi connectivity index (χ3n) is 3.25. The Morgan fingerprint density at radius 2 is 2.29 bits per heavy atom. The van der Waals surface area contributed by atoms with Crippen molar-refractivity contribution in [3.8, 4) is 23.2 Å². The number of tetrazole rings is 1. The van der Waals surface area contributed by atoms with E-state index in [1.54, 1.807) is 6.07 Å². The van der Waals surface area contributed by atoms with Gasteiger partial charge in [0.15, 0.2) is 17.4 Å². The molecule has 0 fully saturated rings. The monoisotopic (exact) mass is 329 g/mol. The SMILES string of the molecule is N#Cc1[nH]ncc1COc1ccc(-c2nnnn2CCO)cc1F. The summed E-state index contributed by atoms with van der Waals surface area (Å²) in [6.07, 6.45) is 1.45. The third kappa shape index (κ3) is 3.06. The smallest absolute Gasteiger partial charge is 0.182 e. The molecule has 0 aliphatic heterocycles. The van der Waals surface area contributed by atoms with E-state index >= 15 is 0 Å². The number of nitrogens with zero attached hydrogens (tertiary/aromatic N) is 6. The van der Waals surface area contributed by atoms with Gasteiger partial charge in [-0.05, 0) is 28.6 Å². The maximum Gasteiger partial charge on any atom is 0.182 e. The summed E-state index contributed by atoms with van der Waals surface area (Å²) in [6, 6.07) is 6.24. The minimum absolute atomic E-state index is 0.0118. The van der Waals surface area contributed by atoms with Gasteiger partial charge in [0.05, 0.1) is 19.3 Å². The Hall–Kier alpha value is -3.32. The van der Waals surface area contributed by atoms with E-state index in [2.05, 4.69) is 25.7 Å². The molecule has 0 aliphatic carbocycles. The number of halogens is 1. The van der Waals surface area contributed by atoms with E-state index < -0.39 is 5.82 Å². The quantitative estimate of drug-likeness (QED) is 0.680. The van der Waals surface area contributed by atoms with Gasteiger partial charge in [-0.1, -0.05) is 0 Å². The van der Waals surface area contributed by atoms with Crippen LogP contribution in [0.5, 0.6) is 5.75 Å². The fourth-order valence-electron chi connectivity index (χ4n) is 2.09. The van der Waals surface area contributed by atoms with Gasteiger partial charge in [0.25, 0.3) is 0 Å². The van der Waals surface area contributed by atoms with Crippen molar-refractivity contribution < 1.29 is 14.2 Å². The number of aliphatic hydroxyl groups is 1. The first-order valence-electron chi connectivity index (χ1n) is 6.95. The predicted molar refractivity (Wildman–Crippen MR) is 77.9 cm³/mol. The number of hydrogen-bond acceptors (Lipinski definition) is 7. The summed E-state index contributed by atoms with van der Waals surface area (Å²) in [7, 11) is 0. The fraction of sp³-hybridized carbons (Fsp3) is 0.214. The molecule has 0 amide bonds. The molecule has 1 aromatic carbocycles. The van der Waals surface area contributed by atoms with Gasteiger partial charge in [0.2, 0.25) is 0 Å². The van der Waals surface area contributed by atoms with Crippen LogP contribution in [0.2, 0.25) is 0 Å². The van der Waals surface area contributed by atoms with Crippen LogP contribution in [0.4, 0.5) is 4.39 Å². The summed E-state index contributed by atoms with van der Waals surface area (Å²) >= 11 is 0. The average Bonchev–Trinajstić information content (AvgIpc) is 3.22. The minimum atomic E-state index is -0.590. The van der Waals surface area contributed by atoms with E-state index in [1.807, 2.05) is 6.07 Å². The highest BCUT2D eigenvalue weighted by molar-refractivity contribution is 5.56. The number of aliphatic hydroxyl groups excluding tert-OH is 1. The number of nitriles is 1. The number of rotatable bonds is 6. The van der Waals surface area contributed by atoms with Crippen LogP contribution in [0.1, 0.15) is 11.3 Å². The van der Waals surface area contributed by atoms with Crippen LogP contribution in [0.25, 0.3) is 11.4 Å². The van der Waals surface area contributed by atoms with E-state index in [1.165, 1.54) is 23.0 Å². The summed E-state index contributed by atoms with van der Waals surface area (Å²) in [5, 5.41) is 35.2. The van der Waals surface area contributed by atoms with E-state index in [0.29, 0.717) is 17.0 Å². The molecule has 0 radical (unpaired) electrons. The molecule has 3 aromatic rings. The molecule has 2 N–H and O–H groups in total. The molecule has 0 atom stereocenters. The molecule has 0 spiro atoms. The first-order valence-corrected chi connectivity index (χ1v) is 6.95. The topological polar surface area (TPSA) is 126 Å². The molecule has 0 aliphatic rings. The number of aromatic nitrogens is 6. The highest BCUT2D eigenvalue weighted by atomic mass is 19.1. The molecule has 10 heteroatoms. The fourth-order valence-corrected chi connectivity index (χ4v) is 2.09. The van der Waals surface area contributed by atoms with Crippen LogP contribution < -0.4 is 4.74 Å². The molecule has 0 unspecified atom stereocenters. The van der Waals surface area contributed by atoms with Crippen molar-refractivity contribution in [2.24, 2.45) is 0 Å². The molecule has 2 aromatic heterocycles. The van der Waals surface area contributed by atoms with Crippen molar-refractivity contribution in [1.82, 2.24) is 30.4 Å². The molecular weight excluding hydrogens is 317 g/mol. The van der Waals surface area contributed by atoms with E-state index in [9.17, 15) is 4.39 Å². The van der Waals surface area contributed by atoms with Crippen LogP contribution in [-0.4, -0.2) is 42.1 Å². The molecule has 122 valence electrons. The van der Waals surface area contributed by atoms with Gasteiger partial charge < -0.3 is 9.84 Å². The third-order valence-corrected chi connectivity index (χ3v) is 3.25. The Kier molecular flexibility index (Phi) is 4.44. The maximum atomic E-state index is 14.2. The lowest BCUT2D eigenvalue weighted by Crippen LogP contribution is -2.06. The van der Waals surface area contributed by atoms with Crippen LogP contribution in [0.15, 0.2) is 24.4 Å². The lowest BCUT2D eigenvalue weighted by Gasteiger charge is -2.08. The Morgan fingerprint density at radius 1 is 1.42 bits per heavy atom. The van der Waals surface area contributed by atoms with Gasteiger partial charge in [-0.2, -0.15) is 10.4 Å². The number of aromatic amines is 1. The minimum Gasteiger partial charge on any atom is -0.486 e. The van der Waals surface area contributed by atoms with Gasteiger partial charge in [0, 0.05) is 11.1 Å². The molecule has 2 heterocycles. The summed E-state index contributed by atoms with van der Waals surface area (Å²) in [6.45, 7) is 0.0885. The van der Waals surface area contributed by atoms with Gasteiger partial charge in [-0.15, -0.1) is 5.10 Å². The second-order valence-electron chi connectivity index (χ2n) is 4.77. The highest BCUT2D eigenvalue weighted by Crippen LogP contribution is 2.25. The zero-order chi connectivity index (χ0) is 16.9. The predicted octanol–water partition coefficient (Wildman–Crippen LogP) is 0.645. The van der Waals surface area contributed by atoms with Crippen LogP contribution in [-0.2, 0) is 13.2 Å². The number of hydrogen-bond donors (Lipinski definition) is 2. The number of ether oxygens (including phenoxy) is 1. The van der Waals surface area contributed by atoms with Gasteiger partial charge >= 0.3 is 0 Å². The van der Waals surface area contributed by atoms with Crippen LogP contribution in [0, 0.1) is 17.1 Å². The van der Waals surface area contributed by atoms with E-state index in [0.717, 1.165) is 0 Å². The normalized spacial score (nSPS) is 10.5. The first kappa shape index (κ1) is 15.6. The van der Waals surface area contributed by atoms with Crippen molar-refractivity contribution in [2.45, 2.75) is 13.2 Å². The molecule has 0 saturated carbocycles. The lowest BCUT2D eigenvalue weighted by molar-refractivity contribution is 0.268. The van der Waals surface area contributed by atoms with Gasteiger partial charge in [0.1, 0.15) is 18.4 Å². The molecule has 0 saturated heterocycles. The molecule has 9 nitrogen and oxygen atoms in total. The molecule has 3 rings (SSSR count). The number of nitrogens with one attached hydrogen (secondary N) is 1. The Morgan fingerprint density at radius 3 is 3.04 bits per heavy atom. The van der Waals surface area contributed by atoms with Crippen LogP contribution >= 0.6 is 0 Å². The summed E-state index contributed by atoms with van der Waals surface area (Å²) < 4.78 is 21.0. The summed E-state index contributed by atoms with van der Waals surface area (Å²) in [4.78, 5) is 0. The number of benzene rings is 1. The van der Waals surface area contributed by atoms with E-state index in [-0.39, 0.29) is 31.2 Å². The van der Waals surface area contributed by atoms with Gasteiger partial charge in [-0.25, -0.2) is 9.07 Å². The van der Waals surface area contributed by atoms with Crippen molar-refractivity contribution in [3.05, 3.63) is 41.5 Å². The maximum absolute atomic E-state index is 14.2. The zero-order valence-electron chi connectivity index (χ0n) is 12.3. The Labute approximate surface area is 135 Å². The average molecular weight is 329 g/mol. The molecular formula is C14H12FN7O2. The Balaban J connectivity index is 1.78. The standard InChI is InChI=1S/C14H12FN7O2/c15-11-5-9(14-19-20-21-22(14)3-4-23)1-2-13(11)24-8-10-7-17-18-12(10)6-16/h1-2,5,7,23H,3-4,8H2,(H,17,18). The molecule has 24 heavy (non-hydrogen) atoms. The summed E-state index contributed by atoms with van der Waals surface area (Å²) in [5.41, 5.74) is 1.27. The Bertz CT molecular complexity index is 883. The van der Waals surface area contributed by atoms with Crippen molar-refractivity contribution in [3.63, 3.8) is 0 Å². The first-order chi connectivity index (χ1) is 11.7.